The molecule has 1 aliphatic heterocycles. The number of hydrogen-bond acceptors (Lipinski definition) is 10. The maximum atomic E-state index is 12.3. The van der Waals surface area contributed by atoms with E-state index in [4.69, 9.17) is 40.0 Å². The molecule has 1 rings (SSSR count). The van der Waals surface area contributed by atoms with E-state index in [0.717, 1.165) is 0 Å². The lowest BCUT2D eigenvalue weighted by molar-refractivity contribution is -0.290. The minimum absolute atomic E-state index is 0.0218. The lowest BCUT2D eigenvalue weighted by Crippen LogP contribution is -2.57. The predicted octanol–water partition coefficient (Wildman–Crippen LogP) is 2.13. The molecule has 11 heteroatoms. The van der Waals surface area contributed by atoms with Crippen LogP contribution in [-0.2, 0) is 47.6 Å². The highest BCUT2D eigenvalue weighted by Crippen LogP contribution is 2.33. The zero-order chi connectivity index (χ0) is 24.5. The maximum Gasteiger partial charge on any atom is 0.338 e. The van der Waals surface area contributed by atoms with Crippen molar-refractivity contribution in [2.75, 3.05) is 19.8 Å². The van der Waals surface area contributed by atoms with Gasteiger partial charge in [0.25, 0.3) is 0 Å². The Kier molecular flexibility index (Phi) is 11.4. The second-order valence-corrected chi connectivity index (χ2v) is 7.97. The molecule has 0 saturated carbocycles. The van der Waals surface area contributed by atoms with E-state index in [9.17, 15) is 19.2 Å². The Morgan fingerprint density at radius 1 is 0.906 bits per heavy atom. The molecule has 1 saturated heterocycles. The molecule has 0 aliphatic carbocycles. The summed E-state index contributed by atoms with van der Waals surface area (Å²) >= 11 is 6.29. The number of rotatable bonds is 11. The first-order valence-electron chi connectivity index (χ1n) is 10.7. The van der Waals surface area contributed by atoms with Gasteiger partial charge in [0.2, 0.25) is 4.87 Å². The Morgan fingerprint density at radius 3 is 1.84 bits per heavy atom. The first-order chi connectivity index (χ1) is 15.0. The highest BCUT2D eigenvalue weighted by molar-refractivity contribution is 6.44. The van der Waals surface area contributed by atoms with E-state index < -0.39 is 47.2 Å². The van der Waals surface area contributed by atoms with Gasteiger partial charge in [-0.05, 0) is 20.3 Å². The van der Waals surface area contributed by atoms with Gasteiger partial charge in [0, 0.05) is 26.2 Å². The number of alkyl halides is 1. The molecule has 0 amide bonds. The van der Waals surface area contributed by atoms with Crippen LogP contribution in [0.25, 0.3) is 0 Å². The summed E-state index contributed by atoms with van der Waals surface area (Å²) in [5, 5.41) is 0. The normalized spacial score (nSPS) is 25.5. The fourth-order valence-electron chi connectivity index (χ4n) is 3.42. The van der Waals surface area contributed by atoms with E-state index in [1.165, 1.54) is 13.8 Å². The van der Waals surface area contributed by atoms with Crippen molar-refractivity contribution < 1.29 is 47.6 Å². The molecule has 0 spiro atoms. The van der Waals surface area contributed by atoms with Crippen molar-refractivity contribution >= 4 is 35.5 Å². The third-order valence-electron chi connectivity index (χ3n) is 4.94. The van der Waals surface area contributed by atoms with Gasteiger partial charge in [-0.1, -0.05) is 25.4 Å². The number of carbonyl (C=O) groups is 4. The molecule has 0 aromatic rings. The Balaban J connectivity index is 3.05. The third kappa shape index (κ3) is 7.31. The van der Waals surface area contributed by atoms with Crippen LogP contribution in [0, 0.1) is 5.92 Å². The number of halogens is 1. The second-order valence-electron chi connectivity index (χ2n) is 7.32. The van der Waals surface area contributed by atoms with Crippen molar-refractivity contribution in [3.8, 4) is 0 Å². The monoisotopic (exact) mass is 480 g/mol. The molecule has 32 heavy (non-hydrogen) atoms. The van der Waals surface area contributed by atoms with Gasteiger partial charge in [-0.2, -0.15) is 0 Å². The molecule has 5 atom stereocenters. The molecule has 1 aliphatic rings. The van der Waals surface area contributed by atoms with Crippen LogP contribution in [0.4, 0.5) is 0 Å². The van der Waals surface area contributed by atoms with Crippen molar-refractivity contribution in [1.29, 1.82) is 0 Å². The molecule has 0 N–H and O–H groups in total. The molecule has 1 unspecified atom stereocenters. The largest absolute Gasteiger partial charge is 0.464 e. The molecule has 1 fully saturated rings. The summed E-state index contributed by atoms with van der Waals surface area (Å²) < 4.78 is 32.3. The number of ether oxygens (including phenoxy) is 6. The smallest absolute Gasteiger partial charge is 0.338 e. The molecular formula is C21H33ClO10. The summed E-state index contributed by atoms with van der Waals surface area (Å²) in [5.41, 5.74) is 0. The molecule has 0 radical (unpaired) electrons. The van der Waals surface area contributed by atoms with Crippen LogP contribution in [0.3, 0.4) is 0 Å². The number of carbonyl (C=O) groups excluding carboxylic acids is 4. The van der Waals surface area contributed by atoms with Gasteiger partial charge < -0.3 is 28.4 Å². The van der Waals surface area contributed by atoms with Gasteiger partial charge in [-0.15, -0.1) is 0 Å². The highest BCUT2D eigenvalue weighted by atomic mass is 35.5. The van der Waals surface area contributed by atoms with Crippen LogP contribution in [0.5, 0.6) is 0 Å². The van der Waals surface area contributed by atoms with Crippen molar-refractivity contribution in [3.05, 3.63) is 0 Å². The lowest BCUT2D eigenvalue weighted by atomic mass is 9.89. The van der Waals surface area contributed by atoms with E-state index in [1.807, 2.05) is 13.8 Å². The van der Waals surface area contributed by atoms with Crippen LogP contribution in [0.15, 0.2) is 0 Å². The maximum absolute atomic E-state index is 12.3. The molecule has 0 aromatic carbocycles. The van der Waals surface area contributed by atoms with Gasteiger partial charge in [0.05, 0.1) is 25.9 Å². The van der Waals surface area contributed by atoms with E-state index in [1.54, 1.807) is 13.8 Å². The fraction of sp³-hybridized carbons (Fsp3) is 0.810. The van der Waals surface area contributed by atoms with Crippen LogP contribution in [0.2, 0.25) is 0 Å². The quantitative estimate of drug-likeness (QED) is 0.188. The van der Waals surface area contributed by atoms with Crippen molar-refractivity contribution in [2.24, 2.45) is 5.92 Å². The predicted molar refractivity (Wildman–Crippen MR) is 112 cm³/mol. The number of esters is 4. The first kappa shape index (κ1) is 28.1. The molecule has 184 valence electrons. The van der Waals surface area contributed by atoms with Gasteiger partial charge in [-0.3, -0.25) is 9.59 Å². The van der Waals surface area contributed by atoms with Crippen LogP contribution in [-0.4, -0.2) is 73.2 Å². The summed E-state index contributed by atoms with van der Waals surface area (Å²) in [4.78, 5) is 45.9. The SMILES string of the molecule is CCOC(=O)C(Cl)(CCOC1O[C@H](CC)[C@H](C)[C@H](OC(C)=O)[C@H]1OC(C)=O)C(=O)OCC. The Hall–Kier alpha value is -1.91. The van der Waals surface area contributed by atoms with E-state index >= 15 is 0 Å². The standard InChI is InChI=1S/C21H33ClO10/c1-7-15-12(4)16(30-13(5)23)17(31-14(6)24)18(32-15)29-11-10-21(22,19(25)27-8-2)20(26)28-9-3/h12,15-18H,7-11H2,1-6H3/t12-,15+,16-,17+,18?/m0/s1. The average molecular weight is 481 g/mol. The van der Waals surface area contributed by atoms with Gasteiger partial charge in [0.1, 0.15) is 6.10 Å². The molecule has 0 bridgehead atoms. The molecule has 0 aromatic heterocycles. The summed E-state index contributed by atoms with van der Waals surface area (Å²) in [6, 6.07) is 0. The second kappa shape index (κ2) is 13.0. The summed E-state index contributed by atoms with van der Waals surface area (Å²) in [7, 11) is 0. The van der Waals surface area contributed by atoms with E-state index in [2.05, 4.69) is 0 Å². The minimum atomic E-state index is -2.11. The average Bonchev–Trinajstić information content (AvgIpc) is 2.71. The zero-order valence-corrected chi connectivity index (χ0v) is 20.1. The van der Waals surface area contributed by atoms with Gasteiger partial charge in [0.15, 0.2) is 12.4 Å². The Morgan fingerprint density at radius 2 is 1.41 bits per heavy atom. The Labute approximate surface area is 193 Å². The topological polar surface area (TPSA) is 124 Å². The van der Waals surface area contributed by atoms with Crippen molar-refractivity contribution in [2.45, 2.75) is 83.9 Å². The highest BCUT2D eigenvalue weighted by Gasteiger charge is 2.50. The first-order valence-corrected chi connectivity index (χ1v) is 11.0. The zero-order valence-electron chi connectivity index (χ0n) is 19.4. The van der Waals surface area contributed by atoms with Crippen LogP contribution < -0.4 is 0 Å². The van der Waals surface area contributed by atoms with E-state index in [0.29, 0.717) is 6.42 Å². The Bertz CT molecular complexity index is 649. The van der Waals surface area contributed by atoms with Crippen molar-refractivity contribution in [3.63, 3.8) is 0 Å². The van der Waals surface area contributed by atoms with Gasteiger partial charge in [-0.25, -0.2) is 9.59 Å². The van der Waals surface area contributed by atoms with E-state index in [-0.39, 0.29) is 38.3 Å². The lowest BCUT2D eigenvalue weighted by Gasteiger charge is -2.44. The molecular weight excluding hydrogens is 448 g/mol. The summed E-state index contributed by atoms with van der Waals surface area (Å²) in [6.45, 7) is 9.15. The summed E-state index contributed by atoms with van der Waals surface area (Å²) in [5.74, 6) is -3.35. The minimum Gasteiger partial charge on any atom is -0.464 e. The molecule has 10 nitrogen and oxygen atoms in total. The van der Waals surface area contributed by atoms with Crippen molar-refractivity contribution in [1.82, 2.24) is 0 Å². The fourth-order valence-corrected chi connectivity index (χ4v) is 3.60. The van der Waals surface area contributed by atoms with Gasteiger partial charge >= 0.3 is 23.9 Å². The van der Waals surface area contributed by atoms with Crippen LogP contribution >= 0.6 is 11.6 Å². The molecule has 1 heterocycles. The summed E-state index contributed by atoms with van der Waals surface area (Å²) in [6.07, 6.45) is -3.04. The number of hydrogen-bond donors (Lipinski definition) is 0. The van der Waals surface area contributed by atoms with Crippen LogP contribution in [0.1, 0.15) is 54.4 Å². The third-order valence-corrected chi connectivity index (χ3v) is 5.44.